The van der Waals surface area contributed by atoms with E-state index >= 15 is 0 Å². The van der Waals surface area contributed by atoms with Crippen molar-refractivity contribution in [2.75, 3.05) is 6.54 Å². The van der Waals surface area contributed by atoms with Crippen LogP contribution in [0.15, 0.2) is 0 Å². The molecule has 1 N–H and O–H groups in total. The molecule has 0 heterocycles. The highest BCUT2D eigenvalue weighted by molar-refractivity contribution is 5.81. The molecule has 7 heteroatoms. The van der Waals surface area contributed by atoms with Gasteiger partial charge >= 0.3 is 12.1 Å². The van der Waals surface area contributed by atoms with Gasteiger partial charge in [-0.05, 0) is 27.2 Å². The first-order valence-corrected chi connectivity index (χ1v) is 6.05. The van der Waals surface area contributed by atoms with Gasteiger partial charge in [-0.3, -0.25) is 9.59 Å². The predicted octanol–water partition coefficient (Wildman–Crippen LogP) is 2.57. The molecule has 0 atom stereocenters. The minimum atomic E-state index is -4.21. The SMILES string of the molecule is CC(C)(C)OC(=O)CCC(=O)NCCCC(F)(F)F. The summed E-state index contributed by atoms with van der Waals surface area (Å²) in [6.45, 7) is 5.08. The highest BCUT2D eigenvalue weighted by atomic mass is 19.4. The molecule has 0 aromatic rings. The summed E-state index contributed by atoms with van der Waals surface area (Å²) in [6.07, 6.45) is -5.47. The molecule has 0 aliphatic rings. The molecule has 1 amide bonds. The lowest BCUT2D eigenvalue weighted by molar-refractivity contribution is -0.155. The van der Waals surface area contributed by atoms with Crippen LogP contribution >= 0.6 is 0 Å². The van der Waals surface area contributed by atoms with Crippen molar-refractivity contribution in [2.24, 2.45) is 0 Å². The van der Waals surface area contributed by atoms with Crippen molar-refractivity contribution < 1.29 is 27.5 Å². The Hall–Kier alpha value is -1.27. The largest absolute Gasteiger partial charge is 0.460 e. The van der Waals surface area contributed by atoms with E-state index in [4.69, 9.17) is 4.74 Å². The van der Waals surface area contributed by atoms with E-state index in [0.717, 1.165) is 0 Å². The van der Waals surface area contributed by atoms with E-state index in [9.17, 15) is 22.8 Å². The molecule has 0 bridgehead atoms. The number of carbonyl (C=O) groups excluding carboxylic acids is 2. The van der Waals surface area contributed by atoms with Gasteiger partial charge in [-0.25, -0.2) is 0 Å². The molecular weight excluding hydrogens is 263 g/mol. The summed E-state index contributed by atoms with van der Waals surface area (Å²) in [5.41, 5.74) is -0.611. The van der Waals surface area contributed by atoms with E-state index in [1.54, 1.807) is 20.8 Å². The Morgan fingerprint density at radius 1 is 1.11 bits per heavy atom. The van der Waals surface area contributed by atoms with Crippen molar-refractivity contribution in [3.8, 4) is 0 Å². The van der Waals surface area contributed by atoms with Gasteiger partial charge in [-0.2, -0.15) is 13.2 Å². The van der Waals surface area contributed by atoms with Crippen LogP contribution in [0, 0.1) is 0 Å². The monoisotopic (exact) mass is 283 g/mol. The lowest BCUT2D eigenvalue weighted by atomic mass is 10.2. The van der Waals surface area contributed by atoms with Gasteiger partial charge in [0.15, 0.2) is 0 Å². The topological polar surface area (TPSA) is 55.4 Å². The molecule has 0 saturated heterocycles. The van der Waals surface area contributed by atoms with Crippen LogP contribution in [0.4, 0.5) is 13.2 Å². The van der Waals surface area contributed by atoms with Crippen LogP contribution in [0.3, 0.4) is 0 Å². The van der Waals surface area contributed by atoms with Crippen LogP contribution < -0.4 is 5.32 Å². The normalized spacial score (nSPS) is 12.1. The van der Waals surface area contributed by atoms with Gasteiger partial charge in [0, 0.05) is 19.4 Å². The third kappa shape index (κ3) is 13.0. The quantitative estimate of drug-likeness (QED) is 0.602. The van der Waals surface area contributed by atoms with E-state index in [2.05, 4.69) is 5.32 Å². The summed E-state index contributed by atoms with van der Waals surface area (Å²) in [5, 5.41) is 2.33. The molecule has 0 radical (unpaired) electrons. The molecule has 0 aromatic heterocycles. The molecule has 0 spiro atoms. The summed E-state index contributed by atoms with van der Waals surface area (Å²) in [6, 6.07) is 0. The highest BCUT2D eigenvalue weighted by Crippen LogP contribution is 2.20. The number of esters is 1. The standard InChI is InChI=1S/C12H20F3NO3/c1-11(2,3)19-10(18)6-5-9(17)16-8-4-7-12(13,14)15/h4-8H2,1-3H3,(H,16,17). The number of hydrogen-bond acceptors (Lipinski definition) is 3. The zero-order valence-electron chi connectivity index (χ0n) is 11.4. The van der Waals surface area contributed by atoms with Crippen molar-refractivity contribution in [2.45, 2.75) is 58.2 Å². The number of hydrogen-bond donors (Lipinski definition) is 1. The number of ether oxygens (including phenoxy) is 1. The smallest absolute Gasteiger partial charge is 0.389 e. The lowest BCUT2D eigenvalue weighted by Crippen LogP contribution is -2.28. The Morgan fingerprint density at radius 3 is 2.16 bits per heavy atom. The van der Waals surface area contributed by atoms with Crippen LogP contribution in [0.2, 0.25) is 0 Å². The maximum atomic E-state index is 11.8. The molecule has 112 valence electrons. The average Bonchev–Trinajstić information content (AvgIpc) is 2.17. The van der Waals surface area contributed by atoms with Gasteiger partial charge in [0.2, 0.25) is 5.91 Å². The van der Waals surface area contributed by atoms with Gasteiger partial charge in [0.05, 0.1) is 6.42 Å². The summed E-state index contributed by atoms with van der Waals surface area (Å²) in [4.78, 5) is 22.5. The van der Waals surface area contributed by atoms with Crippen LogP contribution in [0.5, 0.6) is 0 Å². The third-order valence-electron chi connectivity index (χ3n) is 1.94. The summed E-state index contributed by atoms with van der Waals surface area (Å²) >= 11 is 0. The molecular formula is C12H20F3NO3. The predicted molar refractivity (Wildman–Crippen MR) is 63.4 cm³/mol. The summed E-state index contributed by atoms with van der Waals surface area (Å²) < 4.78 is 40.4. The van der Waals surface area contributed by atoms with Gasteiger partial charge in [-0.1, -0.05) is 0 Å². The Morgan fingerprint density at radius 2 is 1.68 bits per heavy atom. The minimum absolute atomic E-state index is 0.0489. The van der Waals surface area contributed by atoms with Gasteiger partial charge in [0.25, 0.3) is 0 Å². The average molecular weight is 283 g/mol. The zero-order chi connectivity index (χ0) is 15.1. The van der Waals surface area contributed by atoms with Crippen molar-refractivity contribution in [3.05, 3.63) is 0 Å². The van der Waals surface area contributed by atoms with E-state index < -0.39 is 30.1 Å². The number of alkyl halides is 3. The van der Waals surface area contributed by atoms with Crippen molar-refractivity contribution in [1.82, 2.24) is 5.32 Å². The first-order valence-electron chi connectivity index (χ1n) is 6.05. The maximum absolute atomic E-state index is 11.8. The fourth-order valence-electron chi connectivity index (χ4n) is 1.21. The van der Waals surface area contributed by atoms with Crippen LogP contribution in [-0.2, 0) is 14.3 Å². The van der Waals surface area contributed by atoms with Gasteiger partial charge < -0.3 is 10.1 Å². The highest BCUT2D eigenvalue weighted by Gasteiger charge is 2.26. The Kier molecular flexibility index (Phi) is 6.86. The third-order valence-corrected chi connectivity index (χ3v) is 1.94. The second kappa shape index (κ2) is 7.35. The van der Waals surface area contributed by atoms with Crippen LogP contribution in [0.1, 0.15) is 46.5 Å². The number of nitrogens with one attached hydrogen (secondary N) is 1. The van der Waals surface area contributed by atoms with E-state index in [-0.39, 0.29) is 25.8 Å². The first kappa shape index (κ1) is 17.7. The molecule has 0 aliphatic heterocycles. The van der Waals surface area contributed by atoms with Gasteiger partial charge in [-0.15, -0.1) is 0 Å². The van der Waals surface area contributed by atoms with Crippen LogP contribution in [-0.4, -0.2) is 30.2 Å². The van der Waals surface area contributed by atoms with Crippen molar-refractivity contribution >= 4 is 11.9 Å². The molecule has 0 saturated carbocycles. The molecule has 19 heavy (non-hydrogen) atoms. The first-order chi connectivity index (χ1) is 8.49. The minimum Gasteiger partial charge on any atom is -0.460 e. The Balaban J connectivity index is 3.68. The molecule has 0 aliphatic carbocycles. The summed E-state index contributed by atoms with van der Waals surface area (Å²) in [5.74, 6) is -0.953. The number of halogens is 3. The molecule has 0 rings (SSSR count). The second-order valence-electron chi connectivity index (χ2n) is 5.16. The second-order valence-corrected chi connectivity index (χ2v) is 5.16. The van der Waals surface area contributed by atoms with Crippen LogP contribution in [0.25, 0.3) is 0 Å². The Bertz CT molecular complexity index is 308. The number of rotatable bonds is 6. The molecule has 0 aromatic carbocycles. The molecule has 0 unspecified atom stereocenters. The fraction of sp³-hybridized carbons (Fsp3) is 0.833. The Labute approximate surface area is 110 Å². The van der Waals surface area contributed by atoms with Crippen molar-refractivity contribution in [3.63, 3.8) is 0 Å². The number of amides is 1. The van der Waals surface area contributed by atoms with Gasteiger partial charge in [0.1, 0.15) is 5.60 Å². The molecule has 4 nitrogen and oxygen atoms in total. The number of carbonyl (C=O) groups is 2. The fourth-order valence-corrected chi connectivity index (χ4v) is 1.21. The maximum Gasteiger partial charge on any atom is 0.389 e. The summed E-state index contributed by atoms with van der Waals surface area (Å²) in [7, 11) is 0. The van der Waals surface area contributed by atoms with E-state index in [0.29, 0.717) is 0 Å². The lowest BCUT2D eigenvalue weighted by Gasteiger charge is -2.19. The molecule has 0 fully saturated rings. The zero-order valence-corrected chi connectivity index (χ0v) is 11.4. The van der Waals surface area contributed by atoms with E-state index in [1.165, 1.54) is 0 Å². The van der Waals surface area contributed by atoms with Crippen molar-refractivity contribution in [1.29, 1.82) is 0 Å². The van der Waals surface area contributed by atoms with E-state index in [1.807, 2.05) is 0 Å².